The summed E-state index contributed by atoms with van der Waals surface area (Å²) in [4.78, 5) is 0. The van der Waals surface area contributed by atoms with Crippen molar-refractivity contribution in [3.05, 3.63) is 89.0 Å². The molecule has 0 amide bonds. The van der Waals surface area contributed by atoms with E-state index in [4.69, 9.17) is 9.15 Å². The molecule has 5 rings (SSSR count). The Hall–Kier alpha value is -3.69. The number of hydrogen-bond acceptors (Lipinski definition) is 6. The van der Waals surface area contributed by atoms with Crippen LogP contribution >= 0.6 is 0 Å². The van der Waals surface area contributed by atoms with E-state index in [1.165, 1.54) is 24.8 Å². The Kier molecular flexibility index (Phi) is 6.74. The van der Waals surface area contributed by atoms with Gasteiger partial charge >= 0.3 is 6.18 Å². The third-order valence-corrected chi connectivity index (χ3v) is 6.84. The number of fused-ring (bicyclic) bond motifs is 1. The van der Waals surface area contributed by atoms with Gasteiger partial charge in [-0.05, 0) is 66.3 Å². The summed E-state index contributed by atoms with van der Waals surface area (Å²) < 4.78 is 50.9. The zero-order valence-corrected chi connectivity index (χ0v) is 20.2. The summed E-state index contributed by atoms with van der Waals surface area (Å²) in [7, 11) is 1.19. The number of aliphatic hydroxyl groups excluding tert-OH is 1. The van der Waals surface area contributed by atoms with Crippen LogP contribution in [0, 0.1) is 0 Å². The van der Waals surface area contributed by atoms with Crippen molar-refractivity contribution in [2.45, 2.75) is 37.5 Å². The Balaban J connectivity index is 1.39. The second-order valence-corrected chi connectivity index (χ2v) is 9.26. The second-order valence-electron chi connectivity index (χ2n) is 9.26. The second kappa shape index (κ2) is 9.99. The summed E-state index contributed by atoms with van der Waals surface area (Å²) in [5, 5.41) is 21.9. The number of hydrogen-bond donors (Lipinski definition) is 2. The lowest BCUT2D eigenvalue weighted by Crippen LogP contribution is -2.52. The van der Waals surface area contributed by atoms with Gasteiger partial charge in [0.25, 0.3) is 0 Å². The molecule has 0 radical (unpaired) electrons. The van der Waals surface area contributed by atoms with Crippen LogP contribution in [0.25, 0.3) is 22.9 Å². The molecule has 9 heteroatoms. The summed E-state index contributed by atoms with van der Waals surface area (Å²) in [6.07, 6.45) is -2.37. The molecule has 3 aromatic carbocycles. The van der Waals surface area contributed by atoms with Crippen LogP contribution in [-0.4, -0.2) is 34.6 Å². The Labute approximate surface area is 212 Å². The molecule has 1 heterocycles. The fraction of sp³-hybridized carbons (Fsp3) is 0.286. The van der Waals surface area contributed by atoms with Crippen LogP contribution in [0.5, 0.6) is 5.75 Å². The van der Waals surface area contributed by atoms with Crippen LogP contribution in [0.4, 0.5) is 13.2 Å². The van der Waals surface area contributed by atoms with Crippen LogP contribution in [0.15, 0.2) is 71.1 Å². The van der Waals surface area contributed by atoms with Gasteiger partial charge in [0.15, 0.2) is 0 Å². The van der Waals surface area contributed by atoms with Crippen LogP contribution in [0.1, 0.15) is 28.7 Å². The van der Waals surface area contributed by atoms with Gasteiger partial charge in [-0.25, -0.2) is 0 Å². The minimum absolute atomic E-state index is 0.00673. The Morgan fingerprint density at radius 2 is 1.68 bits per heavy atom. The number of nitrogens with one attached hydrogen (secondary N) is 1. The molecule has 192 valence electrons. The summed E-state index contributed by atoms with van der Waals surface area (Å²) in [6.45, 7) is 0.637. The Morgan fingerprint density at radius 1 is 0.973 bits per heavy atom. The SMILES string of the molecule is COc1ccc(-c2nnc(-c3ccc4c(c3)C[C@@](CO)(NCc3ccccc3)CC4)o2)cc1C(F)(F)F. The molecule has 37 heavy (non-hydrogen) atoms. The van der Waals surface area contributed by atoms with Crippen LogP contribution in [0.3, 0.4) is 0 Å². The number of benzene rings is 3. The minimum Gasteiger partial charge on any atom is -0.496 e. The Morgan fingerprint density at radius 3 is 2.35 bits per heavy atom. The van der Waals surface area contributed by atoms with E-state index in [-0.39, 0.29) is 29.7 Å². The quantitative estimate of drug-likeness (QED) is 0.345. The predicted molar refractivity (Wildman–Crippen MR) is 132 cm³/mol. The highest BCUT2D eigenvalue weighted by Crippen LogP contribution is 2.39. The van der Waals surface area contributed by atoms with Crippen LogP contribution < -0.4 is 10.1 Å². The molecule has 1 aliphatic rings. The minimum atomic E-state index is -4.59. The standard InChI is InChI=1S/C28H26F3N3O3/c1-36-24-10-9-21(14-23(24)28(29,30)31)26-34-33-25(37-26)20-8-7-19-11-12-27(17-35,15-22(19)13-20)32-16-18-5-3-2-4-6-18/h2-10,13-14,32,35H,11-12,15-17H2,1H3/t27-/m0/s1. The van der Waals surface area contributed by atoms with Gasteiger partial charge in [-0.15, -0.1) is 10.2 Å². The molecular weight excluding hydrogens is 483 g/mol. The number of aromatic nitrogens is 2. The lowest BCUT2D eigenvalue weighted by Gasteiger charge is -2.38. The summed E-state index contributed by atoms with van der Waals surface area (Å²) >= 11 is 0. The van der Waals surface area contributed by atoms with E-state index in [2.05, 4.69) is 15.5 Å². The molecule has 0 unspecified atom stereocenters. The van der Waals surface area contributed by atoms with Gasteiger partial charge in [0, 0.05) is 23.2 Å². The summed E-state index contributed by atoms with van der Waals surface area (Å²) in [5.41, 5.74) is 2.82. The van der Waals surface area contributed by atoms with Crippen molar-refractivity contribution in [3.8, 4) is 28.7 Å². The van der Waals surface area contributed by atoms with Gasteiger partial charge in [0.05, 0.1) is 19.3 Å². The van der Waals surface area contributed by atoms with Gasteiger partial charge in [0.1, 0.15) is 5.75 Å². The number of methoxy groups -OCH3 is 1. The molecule has 0 bridgehead atoms. The topological polar surface area (TPSA) is 80.4 Å². The van der Waals surface area contributed by atoms with E-state index in [9.17, 15) is 18.3 Å². The van der Waals surface area contributed by atoms with Gasteiger partial charge < -0.3 is 19.6 Å². The van der Waals surface area contributed by atoms with Gasteiger partial charge in [0.2, 0.25) is 11.8 Å². The van der Waals surface area contributed by atoms with Crippen molar-refractivity contribution in [2.75, 3.05) is 13.7 Å². The van der Waals surface area contributed by atoms with Gasteiger partial charge in [-0.1, -0.05) is 36.4 Å². The smallest absolute Gasteiger partial charge is 0.419 e. The molecule has 0 fully saturated rings. The Bertz CT molecular complexity index is 1390. The van der Waals surface area contributed by atoms with E-state index < -0.39 is 17.3 Å². The lowest BCUT2D eigenvalue weighted by atomic mass is 9.77. The number of halogens is 3. The highest BCUT2D eigenvalue weighted by Gasteiger charge is 2.35. The van der Waals surface area contributed by atoms with Gasteiger partial charge in [-0.3, -0.25) is 0 Å². The first-order chi connectivity index (χ1) is 17.8. The maximum Gasteiger partial charge on any atom is 0.419 e. The maximum atomic E-state index is 13.4. The van der Waals surface area contributed by atoms with E-state index >= 15 is 0 Å². The van der Waals surface area contributed by atoms with Crippen molar-refractivity contribution in [2.24, 2.45) is 0 Å². The number of aliphatic hydroxyl groups is 1. The average Bonchev–Trinajstić information content (AvgIpc) is 3.42. The highest BCUT2D eigenvalue weighted by atomic mass is 19.4. The maximum absolute atomic E-state index is 13.4. The van der Waals surface area contributed by atoms with Crippen molar-refractivity contribution in [1.29, 1.82) is 0 Å². The van der Waals surface area contributed by atoms with Gasteiger partial charge in [-0.2, -0.15) is 13.2 Å². The normalized spacial score (nSPS) is 17.4. The molecule has 1 atom stereocenters. The number of aryl methyl sites for hydroxylation is 1. The molecule has 0 saturated heterocycles. The number of nitrogens with zero attached hydrogens (tertiary/aromatic N) is 2. The van der Waals surface area contributed by atoms with E-state index in [1.54, 1.807) is 0 Å². The van der Waals surface area contributed by atoms with Crippen molar-refractivity contribution in [1.82, 2.24) is 15.5 Å². The summed E-state index contributed by atoms with van der Waals surface area (Å²) in [5.74, 6) is -0.0892. The summed E-state index contributed by atoms with van der Waals surface area (Å²) in [6, 6.07) is 19.5. The van der Waals surface area contributed by atoms with E-state index in [0.717, 1.165) is 30.0 Å². The lowest BCUT2D eigenvalue weighted by molar-refractivity contribution is -0.138. The molecular formula is C28H26F3N3O3. The fourth-order valence-electron chi connectivity index (χ4n) is 4.74. The highest BCUT2D eigenvalue weighted by molar-refractivity contribution is 5.61. The van der Waals surface area contributed by atoms with E-state index in [1.807, 2.05) is 48.5 Å². The molecule has 1 aliphatic carbocycles. The van der Waals surface area contributed by atoms with Crippen molar-refractivity contribution < 1.29 is 27.4 Å². The largest absolute Gasteiger partial charge is 0.496 e. The van der Waals surface area contributed by atoms with Crippen LogP contribution in [0.2, 0.25) is 0 Å². The fourth-order valence-corrected chi connectivity index (χ4v) is 4.74. The first-order valence-electron chi connectivity index (χ1n) is 11.9. The molecule has 0 aliphatic heterocycles. The molecule has 4 aromatic rings. The monoisotopic (exact) mass is 509 g/mol. The zero-order valence-electron chi connectivity index (χ0n) is 20.2. The molecule has 2 N–H and O–H groups in total. The van der Waals surface area contributed by atoms with E-state index in [0.29, 0.717) is 18.5 Å². The predicted octanol–water partition coefficient (Wildman–Crippen LogP) is 5.44. The van der Waals surface area contributed by atoms with Crippen molar-refractivity contribution >= 4 is 0 Å². The molecule has 0 spiro atoms. The third kappa shape index (κ3) is 5.23. The first-order valence-corrected chi connectivity index (χ1v) is 11.9. The third-order valence-electron chi connectivity index (χ3n) is 6.84. The average molecular weight is 510 g/mol. The zero-order chi connectivity index (χ0) is 26.0. The molecule has 0 saturated carbocycles. The number of alkyl halides is 3. The number of rotatable bonds is 7. The molecule has 6 nitrogen and oxygen atoms in total. The van der Waals surface area contributed by atoms with Crippen molar-refractivity contribution in [3.63, 3.8) is 0 Å². The number of ether oxygens (including phenoxy) is 1. The van der Waals surface area contributed by atoms with Crippen LogP contribution in [-0.2, 0) is 25.6 Å². The first kappa shape index (κ1) is 25.0. The molecule has 1 aromatic heterocycles.